The molecule has 0 radical (unpaired) electrons. The molecule has 17 heavy (non-hydrogen) atoms. The number of piperidine rings is 1. The molecule has 1 aromatic rings. The Morgan fingerprint density at radius 2 is 2.06 bits per heavy atom. The highest BCUT2D eigenvalue weighted by molar-refractivity contribution is 5.57. The normalized spacial score (nSPS) is 25.8. The maximum atomic E-state index is 12.8. The largest absolute Gasteiger partial charge is 0.327 e. The van der Waals surface area contributed by atoms with Crippen LogP contribution in [0.3, 0.4) is 0 Å². The van der Waals surface area contributed by atoms with Crippen LogP contribution in [-0.4, -0.2) is 29.8 Å². The summed E-state index contributed by atoms with van der Waals surface area (Å²) in [6.45, 7) is 1.37. The highest BCUT2D eigenvalue weighted by Crippen LogP contribution is 2.18. The van der Waals surface area contributed by atoms with Gasteiger partial charge in [0.25, 0.3) is 0 Å². The van der Waals surface area contributed by atoms with Crippen molar-refractivity contribution in [2.24, 2.45) is 5.73 Å². The van der Waals surface area contributed by atoms with Crippen LogP contribution < -0.4 is 5.73 Å². The Kier molecular flexibility index (Phi) is 3.86. The molecule has 2 rings (SSSR count). The number of aldehydes is 1. The van der Waals surface area contributed by atoms with Crippen molar-refractivity contribution < 1.29 is 9.18 Å². The highest BCUT2D eigenvalue weighted by atomic mass is 19.1. The third-order valence-electron chi connectivity index (χ3n) is 3.23. The quantitative estimate of drug-likeness (QED) is 0.805. The Hall–Kier alpha value is -1.26. The third kappa shape index (κ3) is 3.11. The molecular weight excluding hydrogens is 219 g/mol. The Balaban J connectivity index is 2.04. The summed E-state index contributed by atoms with van der Waals surface area (Å²) in [5.41, 5.74) is 6.91. The van der Waals surface area contributed by atoms with Gasteiger partial charge in [0.1, 0.15) is 12.1 Å². The zero-order chi connectivity index (χ0) is 12.3. The van der Waals surface area contributed by atoms with Gasteiger partial charge in [-0.05, 0) is 30.5 Å². The van der Waals surface area contributed by atoms with Gasteiger partial charge in [-0.2, -0.15) is 0 Å². The summed E-state index contributed by atoms with van der Waals surface area (Å²) in [7, 11) is 0. The van der Waals surface area contributed by atoms with Crippen molar-refractivity contribution in [2.45, 2.75) is 31.5 Å². The first-order valence-corrected chi connectivity index (χ1v) is 5.88. The van der Waals surface area contributed by atoms with Crippen molar-refractivity contribution in [1.82, 2.24) is 4.90 Å². The Morgan fingerprint density at radius 3 is 2.71 bits per heavy atom. The zero-order valence-electron chi connectivity index (χ0n) is 9.68. The summed E-state index contributed by atoms with van der Waals surface area (Å²) in [4.78, 5) is 13.0. The highest BCUT2D eigenvalue weighted by Gasteiger charge is 2.25. The molecule has 1 aliphatic heterocycles. The van der Waals surface area contributed by atoms with Crippen molar-refractivity contribution >= 4 is 6.29 Å². The second-order valence-corrected chi connectivity index (χ2v) is 4.60. The average Bonchev–Trinajstić information content (AvgIpc) is 2.32. The predicted molar refractivity (Wildman–Crippen MR) is 63.9 cm³/mol. The molecule has 2 atom stereocenters. The lowest BCUT2D eigenvalue weighted by Gasteiger charge is -2.35. The standard InChI is InChI=1S/C13H17FN2O/c14-11-3-1-10(2-4-11)7-16-8-12(15)5-6-13(16)9-17/h1-4,9,12-13H,5-8,15H2/t12-,13?/m0/s1. The fourth-order valence-corrected chi connectivity index (χ4v) is 2.26. The van der Waals surface area contributed by atoms with Gasteiger partial charge in [0.05, 0.1) is 6.04 Å². The second-order valence-electron chi connectivity index (χ2n) is 4.60. The summed E-state index contributed by atoms with van der Waals surface area (Å²) in [5, 5.41) is 0. The zero-order valence-corrected chi connectivity index (χ0v) is 9.68. The van der Waals surface area contributed by atoms with E-state index in [0.717, 1.165) is 31.2 Å². The number of likely N-dealkylation sites (tertiary alicyclic amines) is 1. The van der Waals surface area contributed by atoms with Crippen LogP contribution >= 0.6 is 0 Å². The Labute approximate surface area is 100 Å². The number of nitrogens with zero attached hydrogens (tertiary/aromatic N) is 1. The third-order valence-corrected chi connectivity index (χ3v) is 3.23. The molecule has 0 saturated carbocycles. The van der Waals surface area contributed by atoms with Crippen LogP contribution in [0.25, 0.3) is 0 Å². The van der Waals surface area contributed by atoms with Gasteiger partial charge in [-0.1, -0.05) is 12.1 Å². The molecule has 0 bridgehead atoms. The van der Waals surface area contributed by atoms with E-state index in [1.807, 2.05) is 0 Å². The van der Waals surface area contributed by atoms with E-state index in [4.69, 9.17) is 5.73 Å². The van der Waals surface area contributed by atoms with Crippen molar-refractivity contribution in [3.63, 3.8) is 0 Å². The summed E-state index contributed by atoms with van der Waals surface area (Å²) >= 11 is 0. The first kappa shape index (κ1) is 12.2. The van der Waals surface area contributed by atoms with Gasteiger partial charge in [0, 0.05) is 19.1 Å². The van der Waals surface area contributed by atoms with Gasteiger partial charge in [0.15, 0.2) is 0 Å². The number of nitrogens with two attached hydrogens (primary N) is 1. The van der Waals surface area contributed by atoms with Crippen LogP contribution in [-0.2, 0) is 11.3 Å². The summed E-state index contributed by atoms with van der Waals surface area (Å²) < 4.78 is 12.8. The van der Waals surface area contributed by atoms with E-state index >= 15 is 0 Å². The van der Waals surface area contributed by atoms with Crippen molar-refractivity contribution in [3.05, 3.63) is 35.6 Å². The molecule has 4 heteroatoms. The molecule has 1 unspecified atom stereocenters. The molecule has 0 aliphatic carbocycles. The lowest BCUT2D eigenvalue weighted by atomic mass is 9.99. The minimum absolute atomic E-state index is 0.0557. The smallest absolute Gasteiger partial charge is 0.137 e. The van der Waals surface area contributed by atoms with Gasteiger partial charge in [0.2, 0.25) is 0 Å². The van der Waals surface area contributed by atoms with E-state index in [1.165, 1.54) is 12.1 Å². The molecule has 92 valence electrons. The van der Waals surface area contributed by atoms with Crippen LogP contribution in [0.4, 0.5) is 4.39 Å². The van der Waals surface area contributed by atoms with Gasteiger partial charge >= 0.3 is 0 Å². The SMILES string of the molecule is N[C@H]1CCC(C=O)N(Cc2ccc(F)cc2)C1. The molecule has 1 heterocycles. The van der Waals surface area contributed by atoms with Crippen molar-refractivity contribution in [2.75, 3.05) is 6.54 Å². The van der Waals surface area contributed by atoms with Gasteiger partial charge in [-0.3, -0.25) is 4.90 Å². The molecule has 0 aromatic heterocycles. The maximum absolute atomic E-state index is 12.8. The number of carbonyl (C=O) groups is 1. The second kappa shape index (κ2) is 5.38. The number of hydrogen-bond donors (Lipinski definition) is 1. The van der Waals surface area contributed by atoms with Gasteiger partial charge < -0.3 is 10.5 Å². The topological polar surface area (TPSA) is 46.3 Å². The van der Waals surface area contributed by atoms with Crippen LogP contribution in [0.1, 0.15) is 18.4 Å². The minimum Gasteiger partial charge on any atom is -0.327 e. The first-order chi connectivity index (χ1) is 8.19. The lowest BCUT2D eigenvalue weighted by Crippen LogP contribution is -2.48. The molecule has 0 spiro atoms. The number of hydrogen-bond acceptors (Lipinski definition) is 3. The monoisotopic (exact) mass is 236 g/mol. The van der Waals surface area contributed by atoms with Crippen LogP contribution in [0, 0.1) is 5.82 Å². The number of carbonyl (C=O) groups excluding carboxylic acids is 1. The van der Waals surface area contributed by atoms with Gasteiger partial charge in [-0.25, -0.2) is 4.39 Å². The summed E-state index contributed by atoms with van der Waals surface area (Å²) in [6, 6.07) is 6.45. The Morgan fingerprint density at radius 1 is 1.35 bits per heavy atom. The average molecular weight is 236 g/mol. The number of rotatable bonds is 3. The Bertz CT molecular complexity index is 380. The predicted octanol–water partition coefficient (Wildman–Crippen LogP) is 1.32. The van der Waals surface area contributed by atoms with E-state index in [0.29, 0.717) is 6.54 Å². The van der Waals surface area contributed by atoms with E-state index in [1.54, 1.807) is 12.1 Å². The van der Waals surface area contributed by atoms with Crippen molar-refractivity contribution in [3.8, 4) is 0 Å². The van der Waals surface area contributed by atoms with Crippen LogP contribution in [0.15, 0.2) is 24.3 Å². The molecule has 2 N–H and O–H groups in total. The molecule has 3 nitrogen and oxygen atoms in total. The van der Waals surface area contributed by atoms with Crippen LogP contribution in [0.2, 0.25) is 0 Å². The summed E-state index contributed by atoms with van der Waals surface area (Å²) in [5.74, 6) is -0.240. The minimum atomic E-state index is -0.240. The maximum Gasteiger partial charge on any atom is 0.137 e. The van der Waals surface area contributed by atoms with E-state index in [-0.39, 0.29) is 17.9 Å². The molecule has 1 aromatic carbocycles. The number of halogens is 1. The van der Waals surface area contributed by atoms with Gasteiger partial charge in [-0.15, -0.1) is 0 Å². The molecule has 1 aliphatic rings. The molecule has 1 fully saturated rings. The fourth-order valence-electron chi connectivity index (χ4n) is 2.26. The summed E-state index contributed by atoms with van der Waals surface area (Å²) in [6.07, 6.45) is 2.69. The van der Waals surface area contributed by atoms with Crippen molar-refractivity contribution in [1.29, 1.82) is 0 Å². The van der Waals surface area contributed by atoms with E-state index < -0.39 is 0 Å². The first-order valence-electron chi connectivity index (χ1n) is 5.88. The fraction of sp³-hybridized carbons (Fsp3) is 0.462. The van der Waals surface area contributed by atoms with E-state index in [9.17, 15) is 9.18 Å². The molecule has 0 amide bonds. The number of benzene rings is 1. The molecular formula is C13H17FN2O. The van der Waals surface area contributed by atoms with Crippen LogP contribution in [0.5, 0.6) is 0 Å². The van der Waals surface area contributed by atoms with E-state index in [2.05, 4.69) is 4.90 Å². The lowest BCUT2D eigenvalue weighted by molar-refractivity contribution is -0.113. The molecule has 1 saturated heterocycles.